The number of hydrogen-bond donors (Lipinski definition) is 1. The molecule has 2 aromatic carbocycles. The van der Waals surface area contributed by atoms with E-state index in [1.54, 1.807) is 19.1 Å². The van der Waals surface area contributed by atoms with Gasteiger partial charge in [0.25, 0.3) is 5.91 Å². The first-order chi connectivity index (χ1) is 10.2. The summed E-state index contributed by atoms with van der Waals surface area (Å²) >= 11 is 0. The van der Waals surface area contributed by atoms with Crippen molar-refractivity contribution in [3.05, 3.63) is 66.1 Å². The van der Waals surface area contributed by atoms with Crippen LogP contribution < -0.4 is 5.32 Å². The lowest BCUT2D eigenvalue weighted by Gasteiger charge is -2.05. The average molecular weight is 279 g/mol. The van der Waals surface area contributed by atoms with Gasteiger partial charge in [-0.25, -0.2) is 0 Å². The van der Waals surface area contributed by atoms with E-state index < -0.39 is 0 Å². The molecular weight excluding hydrogens is 266 g/mol. The monoisotopic (exact) mass is 279 g/mol. The summed E-state index contributed by atoms with van der Waals surface area (Å²) in [6.07, 6.45) is 0. The van der Waals surface area contributed by atoms with Gasteiger partial charge in [-0.15, -0.1) is 0 Å². The molecule has 0 unspecified atom stereocenters. The smallest absolute Gasteiger partial charge is 0.255 e. The van der Waals surface area contributed by atoms with Crippen molar-refractivity contribution in [3.63, 3.8) is 0 Å². The average Bonchev–Trinajstić information content (AvgIpc) is 2.95. The van der Waals surface area contributed by atoms with E-state index in [0.29, 0.717) is 23.0 Å². The summed E-state index contributed by atoms with van der Waals surface area (Å²) < 4.78 is 4.94. The Morgan fingerprint density at radius 1 is 1.05 bits per heavy atom. The lowest BCUT2D eigenvalue weighted by Crippen LogP contribution is -2.11. The molecule has 0 saturated heterocycles. The Kier molecular flexibility index (Phi) is 3.47. The van der Waals surface area contributed by atoms with Crippen LogP contribution in [-0.2, 0) is 0 Å². The first-order valence-corrected chi connectivity index (χ1v) is 6.49. The van der Waals surface area contributed by atoms with Gasteiger partial charge in [0.2, 0.25) is 11.7 Å². The molecule has 1 amide bonds. The van der Waals surface area contributed by atoms with Crippen LogP contribution in [0.25, 0.3) is 11.4 Å². The molecule has 104 valence electrons. The second kappa shape index (κ2) is 5.58. The number of nitrogens with zero attached hydrogens (tertiary/aromatic N) is 2. The molecule has 21 heavy (non-hydrogen) atoms. The normalized spacial score (nSPS) is 10.3. The van der Waals surface area contributed by atoms with Crippen LogP contribution in [0.3, 0.4) is 0 Å². The minimum absolute atomic E-state index is 0.140. The quantitative estimate of drug-likeness (QED) is 0.798. The van der Waals surface area contributed by atoms with Gasteiger partial charge >= 0.3 is 0 Å². The zero-order valence-electron chi connectivity index (χ0n) is 11.4. The van der Waals surface area contributed by atoms with Crippen molar-refractivity contribution in [1.82, 2.24) is 10.1 Å². The van der Waals surface area contributed by atoms with Crippen molar-refractivity contribution in [3.8, 4) is 11.4 Å². The van der Waals surface area contributed by atoms with E-state index in [9.17, 15) is 4.79 Å². The molecule has 0 aliphatic carbocycles. The standard InChI is InChI=1S/C16H13N3O2/c1-11-17-15(19-21-11)12-7-9-14(10-8-12)18-16(20)13-5-3-2-4-6-13/h2-10H,1H3,(H,18,20). The molecule has 0 spiro atoms. The topological polar surface area (TPSA) is 68.0 Å². The van der Waals surface area contributed by atoms with Crippen molar-refractivity contribution in [2.75, 3.05) is 5.32 Å². The van der Waals surface area contributed by atoms with Crippen molar-refractivity contribution >= 4 is 11.6 Å². The highest BCUT2D eigenvalue weighted by Gasteiger charge is 2.07. The van der Waals surface area contributed by atoms with Crippen LogP contribution in [0.4, 0.5) is 5.69 Å². The summed E-state index contributed by atoms with van der Waals surface area (Å²) in [6, 6.07) is 16.4. The van der Waals surface area contributed by atoms with Gasteiger partial charge in [-0.05, 0) is 36.4 Å². The molecule has 5 nitrogen and oxygen atoms in total. The third kappa shape index (κ3) is 2.97. The number of nitrogens with one attached hydrogen (secondary N) is 1. The van der Waals surface area contributed by atoms with E-state index >= 15 is 0 Å². The van der Waals surface area contributed by atoms with Crippen molar-refractivity contribution in [2.45, 2.75) is 6.92 Å². The van der Waals surface area contributed by atoms with E-state index in [1.807, 2.05) is 42.5 Å². The maximum Gasteiger partial charge on any atom is 0.255 e. The van der Waals surface area contributed by atoms with Crippen LogP contribution in [0.5, 0.6) is 0 Å². The molecule has 0 radical (unpaired) electrons. The maximum atomic E-state index is 12.0. The van der Waals surface area contributed by atoms with Crippen LogP contribution in [0.15, 0.2) is 59.1 Å². The molecule has 1 heterocycles. The second-order valence-electron chi connectivity index (χ2n) is 4.53. The van der Waals surface area contributed by atoms with Crippen molar-refractivity contribution in [2.24, 2.45) is 0 Å². The minimum atomic E-state index is -0.140. The molecule has 3 aromatic rings. The SMILES string of the molecule is Cc1nc(-c2ccc(NC(=O)c3ccccc3)cc2)no1. The zero-order valence-corrected chi connectivity index (χ0v) is 11.4. The van der Waals surface area contributed by atoms with Gasteiger partial charge in [0, 0.05) is 23.7 Å². The van der Waals surface area contributed by atoms with Gasteiger partial charge in [0.05, 0.1) is 0 Å². The van der Waals surface area contributed by atoms with Gasteiger partial charge in [-0.3, -0.25) is 4.79 Å². The second-order valence-corrected chi connectivity index (χ2v) is 4.53. The molecule has 1 aromatic heterocycles. The molecule has 0 bridgehead atoms. The summed E-state index contributed by atoms with van der Waals surface area (Å²) in [5.74, 6) is 0.915. The number of carbonyl (C=O) groups is 1. The van der Waals surface area contributed by atoms with Gasteiger partial charge in [-0.2, -0.15) is 4.98 Å². The Balaban J connectivity index is 1.74. The predicted molar refractivity (Wildman–Crippen MR) is 78.9 cm³/mol. The molecule has 0 fully saturated rings. The fourth-order valence-electron chi connectivity index (χ4n) is 1.91. The first-order valence-electron chi connectivity index (χ1n) is 6.49. The molecule has 0 atom stereocenters. The number of benzene rings is 2. The summed E-state index contributed by atoms with van der Waals surface area (Å²) in [6.45, 7) is 1.74. The fourth-order valence-corrected chi connectivity index (χ4v) is 1.91. The van der Waals surface area contributed by atoms with Gasteiger partial charge in [-0.1, -0.05) is 23.4 Å². The van der Waals surface area contributed by atoms with Gasteiger partial charge in [0.15, 0.2) is 0 Å². The third-order valence-corrected chi connectivity index (χ3v) is 2.96. The Morgan fingerprint density at radius 2 is 1.76 bits per heavy atom. The number of aromatic nitrogens is 2. The summed E-state index contributed by atoms with van der Waals surface area (Å²) in [5, 5.41) is 6.69. The van der Waals surface area contributed by atoms with E-state index in [-0.39, 0.29) is 5.91 Å². The highest BCUT2D eigenvalue weighted by Crippen LogP contribution is 2.19. The lowest BCUT2D eigenvalue weighted by molar-refractivity contribution is 0.102. The minimum Gasteiger partial charge on any atom is -0.339 e. The van der Waals surface area contributed by atoms with Crippen molar-refractivity contribution < 1.29 is 9.32 Å². The third-order valence-electron chi connectivity index (χ3n) is 2.96. The first kappa shape index (κ1) is 13.1. The number of carbonyl (C=O) groups excluding carboxylic acids is 1. The van der Waals surface area contributed by atoms with E-state index in [2.05, 4.69) is 15.5 Å². The highest BCUT2D eigenvalue weighted by molar-refractivity contribution is 6.04. The van der Waals surface area contributed by atoms with Crippen LogP contribution in [0.1, 0.15) is 16.2 Å². The molecule has 3 rings (SSSR count). The predicted octanol–water partition coefficient (Wildman–Crippen LogP) is 3.30. The Bertz CT molecular complexity index is 749. The van der Waals surface area contributed by atoms with E-state index in [4.69, 9.17) is 4.52 Å². The highest BCUT2D eigenvalue weighted by atomic mass is 16.5. The number of hydrogen-bond acceptors (Lipinski definition) is 4. The summed E-state index contributed by atoms with van der Waals surface area (Å²) in [7, 11) is 0. The Morgan fingerprint density at radius 3 is 2.38 bits per heavy atom. The number of anilines is 1. The van der Waals surface area contributed by atoms with E-state index in [1.165, 1.54) is 0 Å². The van der Waals surface area contributed by atoms with Crippen LogP contribution in [0, 0.1) is 6.92 Å². The lowest BCUT2D eigenvalue weighted by atomic mass is 10.1. The van der Waals surface area contributed by atoms with Crippen LogP contribution in [0.2, 0.25) is 0 Å². The molecule has 0 saturated carbocycles. The molecule has 0 aliphatic heterocycles. The van der Waals surface area contributed by atoms with Gasteiger partial charge < -0.3 is 9.84 Å². The Labute approximate surface area is 121 Å². The van der Waals surface area contributed by atoms with Gasteiger partial charge in [0.1, 0.15) is 0 Å². The van der Waals surface area contributed by atoms with E-state index in [0.717, 1.165) is 5.56 Å². The largest absolute Gasteiger partial charge is 0.339 e. The molecular formula is C16H13N3O2. The van der Waals surface area contributed by atoms with Crippen LogP contribution in [-0.4, -0.2) is 16.0 Å². The van der Waals surface area contributed by atoms with Crippen molar-refractivity contribution in [1.29, 1.82) is 0 Å². The summed E-state index contributed by atoms with van der Waals surface area (Å²) in [5.41, 5.74) is 2.17. The zero-order chi connectivity index (χ0) is 14.7. The summed E-state index contributed by atoms with van der Waals surface area (Å²) in [4.78, 5) is 16.2. The van der Waals surface area contributed by atoms with Crippen LogP contribution >= 0.6 is 0 Å². The number of rotatable bonds is 3. The number of aryl methyl sites for hydroxylation is 1. The Hall–Kier alpha value is -2.95. The fraction of sp³-hybridized carbons (Fsp3) is 0.0625. The molecule has 5 heteroatoms. The molecule has 1 N–H and O–H groups in total. The number of amides is 1. The maximum absolute atomic E-state index is 12.0. The molecule has 0 aliphatic rings.